The van der Waals surface area contributed by atoms with Crippen LogP contribution in [0.3, 0.4) is 0 Å². The minimum absolute atomic E-state index is 0.0689. The number of aryl methyl sites for hydroxylation is 1. The van der Waals surface area contributed by atoms with Gasteiger partial charge in [-0.2, -0.15) is 0 Å². The summed E-state index contributed by atoms with van der Waals surface area (Å²) in [6.45, 7) is 4.67. The van der Waals surface area contributed by atoms with Crippen LogP contribution in [-0.4, -0.2) is 35.5 Å². The largest absolute Gasteiger partial charge is 0.352 e. The van der Waals surface area contributed by atoms with Gasteiger partial charge >= 0.3 is 0 Å². The molecule has 1 aliphatic heterocycles. The predicted molar refractivity (Wildman–Crippen MR) is 88.6 cm³/mol. The summed E-state index contributed by atoms with van der Waals surface area (Å²) in [5.74, 6) is -0.0689. The van der Waals surface area contributed by atoms with E-state index in [0.717, 1.165) is 36.0 Å². The second-order valence-electron chi connectivity index (χ2n) is 5.46. The van der Waals surface area contributed by atoms with E-state index >= 15 is 0 Å². The van der Waals surface area contributed by atoms with Gasteiger partial charge in [0.15, 0.2) is 5.13 Å². The summed E-state index contributed by atoms with van der Waals surface area (Å²) in [5.41, 5.74) is 2.44. The van der Waals surface area contributed by atoms with Gasteiger partial charge in [-0.25, -0.2) is 4.98 Å². The zero-order chi connectivity index (χ0) is 15.4. The molecule has 116 valence electrons. The van der Waals surface area contributed by atoms with Gasteiger partial charge in [-0.3, -0.25) is 9.78 Å². The molecule has 1 aliphatic rings. The minimum Gasteiger partial charge on any atom is -0.352 e. The maximum absolute atomic E-state index is 12.1. The van der Waals surface area contributed by atoms with Gasteiger partial charge in [0, 0.05) is 43.3 Å². The third kappa shape index (κ3) is 3.44. The number of nitrogens with one attached hydrogen (secondary N) is 1. The van der Waals surface area contributed by atoms with Crippen LogP contribution in [0.25, 0.3) is 0 Å². The van der Waals surface area contributed by atoms with E-state index in [1.165, 1.54) is 12.8 Å². The first-order valence-corrected chi connectivity index (χ1v) is 8.51. The number of carbonyl (C=O) groups is 1. The Bertz CT molecular complexity index is 649. The van der Waals surface area contributed by atoms with E-state index in [-0.39, 0.29) is 5.91 Å². The van der Waals surface area contributed by atoms with Crippen molar-refractivity contribution < 1.29 is 4.79 Å². The maximum atomic E-state index is 12.1. The standard InChI is InChI=1S/C16H20N4OS/c1-12-14(5-4-7-17-12)15(21)18-8-6-13-11-22-16(19-13)20-9-2-3-10-20/h4-5,7,11H,2-3,6,8-10H2,1H3,(H,18,21). The quantitative estimate of drug-likeness (QED) is 0.920. The van der Waals surface area contributed by atoms with E-state index < -0.39 is 0 Å². The Hall–Kier alpha value is -1.95. The lowest BCUT2D eigenvalue weighted by molar-refractivity contribution is 0.0953. The number of carbonyl (C=O) groups excluding carboxylic acids is 1. The number of hydrogen-bond donors (Lipinski definition) is 1. The fourth-order valence-electron chi connectivity index (χ4n) is 2.59. The molecule has 3 rings (SSSR count). The Morgan fingerprint density at radius 3 is 3.00 bits per heavy atom. The Labute approximate surface area is 134 Å². The van der Waals surface area contributed by atoms with Crippen molar-refractivity contribution in [2.24, 2.45) is 0 Å². The lowest BCUT2D eigenvalue weighted by Crippen LogP contribution is -2.26. The van der Waals surface area contributed by atoms with Gasteiger partial charge in [0.2, 0.25) is 0 Å². The molecule has 0 saturated carbocycles. The fourth-order valence-corrected chi connectivity index (χ4v) is 3.50. The van der Waals surface area contributed by atoms with Crippen LogP contribution in [0, 0.1) is 6.92 Å². The van der Waals surface area contributed by atoms with Gasteiger partial charge < -0.3 is 10.2 Å². The molecule has 0 aromatic carbocycles. The second kappa shape index (κ2) is 6.87. The molecule has 6 heteroatoms. The Morgan fingerprint density at radius 1 is 1.41 bits per heavy atom. The normalized spacial score (nSPS) is 14.3. The Balaban J connectivity index is 1.51. The smallest absolute Gasteiger partial charge is 0.253 e. The molecule has 2 aromatic heterocycles. The highest BCUT2D eigenvalue weighted by atomic mass is 32.1. The van der Waals surface area contributed by atoms with Crippen LogP contribution in [0.15, 0.2) is 23.7 Å². The summed E-state index contributed by atoms with van der Waals surface area (Å²) < 4.78 is 0. The molecule has 0 aliphatic carbocycles. The van der Waals surface area contributed by atoms with E-state index in [1.807, 2.05) is 6.92 Å². The molecule has 22 heavy (non-hydrogen) atoms. The number of anilines is 1. The molecule has 2 aromatic rings. The topological polar surface area (TPSA) is 58.1 Å². The van der Waals surface area contributed by atoms with Crippen LogP contribution >= 0.6 is 11.3 Å². The minimum atomic E-state index is -0.0689. The zero-order valence-corrected chi connectivity index (χ0v) is 13.5. The molecule has 1 saturated heterocycles. The SMILES string of the molecule is Cc1ncccc1C(=O)NCCc1csc(N2CCCC2)n1. The maximum Gasteiger partial charge on any atom is 0.253 e. The molecule has 0 atom stereocenters. The molecular weight excluding hydrogens is 296 g/mol. The van der Waals surface area contributed by atoms with E-state index in [1.54, 1.807) is 29.7 Å². The summed E-state index contributed by atoms with van der Waals surface area (Å²) in [4.78, 5) is 23.2. The number of thiazole rings is 1. The van der Waals surface area contributed by atoms with E-state index in [0.29, 0.717) is 12.1 Å². The van der Waals surface area contributed by atoms with Gasteiger partial charge in [0.1, 0.15) is 0 Å². The van der Waals surface area contributed by atoms with E-state index in [9.17, 15) is 4.79 Å². The van der Waals surface area contributed by atoms with Crippen molar-refractivity contribution in [2.75, 3.05) is 24.5 Å². The fraction of sp³-hybridized carbons (Fsp3) is 0.438. The van der Waals surface area contributed by atoms with Crippen molar-refractivity contribution in [3.8, 4) is 0 Å². The van der Waals surface area contributed by atoms with Crippen molar-refractivity contribution in [3.05, 3.63) is 40.7 Å². The highest BCUT2D eigenvalue weighted by molar-refractivity contribution is 7.13. The van der Waals surface area contributed by atoms with Gasteiger partial charge in [-0.05, 0) is 31.9 Å². The summed E-state index contributed by atoms with van der Waals surface area (Å²) in [6, 6.07) is 3.58. The molecule has 1 N–H and O–H groups in total. The Morgan fingerprint density at radius 2 is 2.23 bits per heavy atom. The molecule has 5 nitrogen and oxygen atoms in total. The second-order valence-corrected chi connectivity index (χ2v) is 6.29. The number of pyridine rings is 1. The van der Waals surface area contributed by atoms with E-state index in [2.05, 4.69) is 25.6 Å². The van der Waals surface area contributed by atoms with Crippen molar-refractivity contribution in [3.63, 3.8) is 0 Å². The monoisotopic (exact) mass is 316 g/mol. The molecule has 3 heterocycles. The van der Waals surface area contributed by atoms with Crippen LogP contribution in [0.4, 0.5) is 5.13 Å². The molecule has 0 spiro atoms. The number of aromatic nitrogens is 2. The predicted octanol–water partition coefficient (Wildman–Crippen LogP) is 2.42. The first kappa shape index (κ1) is 15.0. The van der Waals surface area contributed by atoms with Gasteiger partial charge in [0.25, 0.3) is 5.91 Å². The van der Waals surface area contributed by atoms with Crippen molar-refractivity contribution in [1.82, 2.24) is 15.3 Å². The highest BCUT2D eigenvalue weighted by Gasteiger charge is 2.15. The molecule has 0 radical (unpaired) electrons. The third-order valence-electron chi connectivity index (χ3n) is 3.83. The Kier molecular flexibility index (Phi) is 4.68. The van der Waals surface area contributed by atoms with Crippen molar-refractivity contribution in [1.29, 1.82) is 0 Å². The van der Waals surface area contributed by atoms with Crippen LogP contribution in [-0.2, 0) is 6.42 Å². The van der Waals surface area contributed by atoms with Crippen LogP contribution in [0.1, 0.15) is 34.6 Å². The lowest BCUT2D eigenvalue weighted by atomic mass is 10.2. The zero-order valence-electron chi connectivity index (χ0n) is 12.7. The molecule has 1 fully saturated rings. The number of nitrogens with zero attached hydrogens (tertiary/aromatic N) is 3. The molecule has 1 amide bonds. The van der Waals surface area contributed by atoms with Gasteiger partial charge in [-0.1, -0.05) is 0 Å². The number of hydrogen-bond acceptors (Lipinski definition) is 5. The van der Waals surface area contributed by atoms with Gasteiger partial charge in [-0.15, -0.1) is 11.3 Å². The highest BCUT2D eigenvalue weighted by Crippen LogP contribution is 2.24. The average Bonchev–Trinajstić information content (AvgIpc) is 3.18. The number of rotatable bonds is 5. The van der Waals surface area contributed by atoms with E-state index in [4.69, 9.17) is 0 Å². The average molecular weight is 316 g/mol. The summed E-state index contributed by atoms with van der Waals surface area (Å²) in [5, 5.41) is 6.14. The summed E-state index contributed by atoms with van der Waals surface area (Å²) >= 11 is 1.70. The lowest BCUT2D eigenvalue weighted by Gasteiger charge is -2.12. The van der Waals surface area contributed by atoms with Crippen molar-refractivity contribution >= 4 is 22.4 Å². The van der Waals surface area contributed by atoms with Crippen LogP contribution in [0.5, 0.6) is 0 Å². The summed E-state index contributed by atoms with van der Waals surface area (Å²) in [7, 11) is 0. The van der Waals surface area contributed by atoms with Gasteiger partial charge in [0.05, 0.1) is 11.3 Å². The first-order chi connectivity index (χ1) is 10.7. The van der Waals surface area contributed by atoms with Crippen molar-refractivity contribution in [2.45, 2.75) is 26.2 Å². The molecular formula is C16H20N4OS. The molecule has 0 unspecified atom stereocenters. The molecule has 0 bridgehead atoms. The third-order valence-corrected chi connectivity index (χ3v) is 4.78. The first-order valence-electron chi connectivity index (χ1n) is 7.63. The van der Waals surface area contributed by atoms with Crippen LogP contribution < -0.4 is 10.2 Å². The summed E-state index contributed by atoms with van der Waals surface area (Å²) in [6.07, 6.45) is 4.97. The number of amides is 1. The van der Waals surface area contributed by atoms with Crippen LogP contribution in [0.2, 0.25) is 0 Å².